The van der Waals surface area contributed by atoms with Gasteiger partial charge in [0.15, 0.2) is 0 Å². The lowest BCUT2D eigenvalue weighted by atomic mass is 10.1. The van der Waals surface area contributed by atoms with Gasteiger partial charge in [-0.25, -0.2) is 4.79 Å². The maximum atomic E-state index is 12.2. The molecule has 7 nitrogen and oxygen atoms in total. The summed E-state index contributed by atoms with van der Waals surface area (Å²) in [5.41, 5.74) is 3.11. The standard InChI is InChI=1S/C17H23N3O4/c1-4-24-16(22)9-18-17(23)19-13-8-15(21)20(10-13)14-6-5-11(2)12(3)7-14/h5-7,13H,4,8-10H2,1-3H3,(H2,18,19,23). The predicted octanol–water partition coefficient (Wildman–Crippen LogP) is 1.27. The molecule has 0 radical (unpaired) electrons. The Bertz CT molecular complexity index is 645. The fourth-order valence-electron chi connectivity index (χ4n) is 2.55. The Balaban J connectivity index is 1.88. The zero-order chi connectivity index (χ0) is 17.7. The maximum absolute atomic E-state index is 12.2. The molecular weight excluding hydrogens is 310 g/mol. The third kappa shape index (κ3) is 4.47. The van der Waals surface area contributed by atoms with Crippen LogP contribution in [0.3, 0.4) is 0 Å². The highest BCUT2D eigenvalue weighted by Crippen LogP contribution is 2.23. The number of amides is 3. The maximum Gasteiger partial charge on any atom is 0.325 e. The van der Waals surface area contributed by atoms with Gasteiger partial charge in [-0.1, -0.05) is 6.07 Å². The van der Waals surface area contributed by atoms with Crippen LogP contribution < -0.4 is 15.5 Å². The first-order chi connectivity index (χ1) is 11.4. The lowest BCUT2D eigenvalue weighted by molar-refractivity contribution is -0.141. The number of ether oxygens (including phenoxy) is 1. The van der Waals surface area contributed by atoms with Crippen molar-refractivity contribution in [3.05, 3.63) is 29.3 Å². The fraction of sp³-hybridized carbons (Fsp3) is 0.471. The number of carbonyl (C=O) groups is 3. The van der Waals surface area contributed by atoms with E-state index in [0.29, 0.717) is 6.54 Å². The van der Waals surface area contributed by atoms with Crippen LogP contribution >= 0.6 is 0 Å². The zero-order valence-electron chi connectivity index (χ0n) is 14.2. The van der Waals surface area contributed by atoms with Crippen LogP contribution in [-0.2, 0) is 14.3 Å². The zero-order valence-corrected chi connectivity index (χ0v) is 14.2. The Hall–Kier alpha value is -2.57. The van der Waals surface area contributed by atoms with E-state index in [0.717, 1.165) is 11.3 Å². The van der Waals surface area contributed by atoms with E-state index in [1.54, 1.807) is 11.8 Å². The van der Waals surface area contributed by atoms with Gasteiger partial charge in [0.1, 0.15) is 6.54 Å². The summed E-state index contributed by atoms with van der Waals surface area (Å²) in [6.07, 6.45) is 0.236. The van der Waals surface area contributed by atoms with Crippen molar-refractivity contribution in [2.75, 3.05) is 24.6 Å². The molecule has 1 aromatic rings. The molecule has 1 aromatic carbocycles. The predicted molar refractivity (Wildman–Crippen MR) is 89.8 cm³/mol. The minimum atomic E-state index is -0.494. The van der Waals surface area contributed by atoms with Crippen LogP contribution in [0.25, 0.3) is 0 Å². The van der Waals surface area contributed by atoms with E-state index in [9.17, 15) is 14.4 Å². The lowest BCUT2D eigenvalue weighted by Crippen LogP contribution is -2.45. The summed E-state index contributed by atoms with van der Waals surface area (Å²) in [6.45, 7) is 6.20. The van der Waals surface area contributed by atoms with Crippen LogP contribution in [0.1, 0.15) is 24.5 Å². The number of rotatable bonds is 5. The van der Waals surface area contributed by atoms with Gasteiger partial charge in [-0.3, -0.25) is 9.59 Å². The number of anilines is 1. The number of benzene rings is 1. The largest absolute Gasteiger partial charge is 0.465 e. The summed E-state index contributed by atoms with van der Waals surface area (Å²) in [5, 5.41) is 5.14. The van der Waals surface area contributed by atoms with E-state index in [1.807, 2.05) is 32.0 Å². The molecule has 130 valence electrons. The molecule has 1 heterocycles. The van der Waals surface area contributed by atoms with Crippen molar-refractivity contribution in [3.8, 4) is 0 Å². The van der Waals surface area contributed by atoms with Crippen LogP contribution in [0, 0.1) is 13.8 Å². The van der Waals surface area contributed by atoms with Crippen LogP contribution in [0.2, 0.25) is 0 Å². The molecule has 0 bridgehead atoms. The van der Waals surface area contributed by atoms with Gasteiger partial charge in [0, 0.05) is 18.7 Å². The van der Waals surface area contributed by atoms with Gasteiger partial charge >= 0.3 is 12.0 Å². The van der Waals surface area contributed by atoms with E-state index in [4.69, 9.17) is 4.74 Å². The van der Waals surface area contributed by atoms with Crippen LogP contribution in [0.15, 0.2) is 18.2 Å². The molecule has 1 atom stereocenters. The van der Waals surface area contributed by atoms with Gasteiger partial charge in [0.2, 0.25) is 5.91 Å². The van der Waals surface area contributed by atoms with Crippen molar-refractivity contribution in [1.82, 2.24) is 10.6 Å². The highest BCUT2D eigenvalue weighted by atomic mass is 16.5. The molecule has 0 aromatic heterocycles. The number of urea groups is 1. The number of aryl methyl sites for hydroxylation is 2. The summed E-state index contributed by atoms with van der Waals surface area (Å²) in [6, 6.07) is 5.08. The first kappa shape index (κ1) is 17.8. The van der Waals surface area contributed by atoms with Crippen molar-refractivity contribution >= 4 is 23.6 Å². The number of esters is 1. The molecule has 0 spiro atoms. The average molecular weight is 333 g/mol. The molecule has 1 aliphatic heterocycles. The van der Waals surface area contributed by atoms with Gasteiger partial charge in [-0.15, -0.1) is 0 Å². The first-order valence-electron chi connectivity index (χ1n) is 7.98. The SMILES string of the molecule is CCOC(=O)CNC(=O)NC1CC(=O)N(c2ccc(C)c(C)c2)C1. The minimum absolute atomic E-state index is 0.0334. The summed E-state index contributed by atoms with van der Waals surface area (Å²) in [7, 11) is 0. The normalized spacial score (nSPS) is 16.9. The highest BCUT2D eigenvalue weighted by molar-refractivity contribution is 5.97. The van der Waals surface area contributed by atoms with Gasteiger partial charge in [-0.2, -0.15) is 0 Å². The van der Waals surface area contributed by atoms with Gasteiger partial charge in [-0.05, 0) is 44.0 Å². The molecule has 1 aliphatic rings. The van der Waals surface area contributed by atoms with Crippen LogP contribution in [-0.4, -0.2) is 43.6 Å². The first-order valence-corrected chi connectivity index (χ1v) is 7.98. The van der Waals surface area contributed by atoms with E-state index in [-0.39, 0.29) is 31.5 Å². The van der Waals surface area contributed by atoms with E-state index >= 15 is 0 Å². The highest BCUT2D eigenvalue weighted by Gasteiger charge is 2.31. The van der Waals surface area contributed by atoms with Crippen molar-refractivity contribution in [2.24, 2.45) is 0 Å². The molecule has 1 fully saturated rings. The lowest BCUT2D eigenvalue weighted by Gasteiger charge is -2.18. The molecule has 3 amide bonds. The van der Waals surface area contributed by atoms with Crippen molar-refractivity contribution in [3.63, 3.8) is 0 Å². The molecule has 2 rings (SSSR count). The van der Waals surface area contributed by atoms with Crippen LogP contribution in [0.5, 0.6) is 0 Å². The third-order valence-electron chi connectivity index (χ3n) is 3.96. The number of hydrogen-bond acceptors (Lipinski definition) is 4. The second-order valence-corrected chi connectivity index (χ2v) is 5.81. The number of nitrogens with zero attached hydrogens (tertiary/aromatic N) is 1. The van der Waals surface area contributed by atoms with Crippen LogP contribution in [0.4, 0.5) is 10.5 Å². The smallest absolute Gasteiger partial charge is 0.325 e. The number of carbonyl (C=O) groups excluding carboxylic acids is 3. The Morgan fingerprint density at radius 1 is 1.29 bits per heavy atom. The molecule has 7 heteroatoms. The summed E-state index contributed by atoms with van der Waals surface area (Å²) >= 11 is 0. The van der Waals surface area contributed by atoms with E-state index in [1.165, 1.54) is 5.56 Å². The molecular formula is C17H23N3O4. The Labute approximate surface area is 141 Å². The van der Waals surface area contributed by atoms with Crippen molar-refractivity contribution in [1.29, 1.82) is 0 Å². The molecule has 0 saturated carbocycles. The second-order valence-electron chi connectivity index (χ2n) is 5.81. The van der Waals surface area contributed by atoms with Gasteiger partial charge < -0.3 is 20.3 Å². The van der Waals surface area contributed by atoms with E-state index < -0.39 is 12.0 Å². The van der Waals surface area contributed by atoms with Crippen molar-refractivity contribution < 1.29 is 19.1 Å². The summed E-state index contributed by atoms with van der Waals surface area (Å²) in [5.74, 6) is -0.527. The Morgan fingerprint density at radius 3 is 2.71 bits per heavy atom. The number of nitrogens with one attached hydrogen (secondary N) is 2. The monoisotopic (exact) mass is 333 g/mol. The molecule has 1 unspecified atom stereocenters. The average Bonchev–Trinajstić information content (AvgIpc) is 2.89. The van der Waals surface area contributed by atoms with Crippen molar-refractivity contribution in [2.45, 2.75) is 33.2 Å². The van der Waals surface area contributed by atoms with E-state index in [2.05, 4.69) is 10.6 Å². The molecule has 0 aliphatic carbocycles. The Kier molecular flexibility index (Phi) is 5.78. The quantitative estimate of drug-likeness (QED) is 0.795. The van der Waals surface area contributed by atoms with Gasteiger partial charge in [0.25, 0.3) is 0 Å². The minimum Gasteiger partial charge on any atom is -0.465 e. The molecule has 1 saturated heterocycles. The summed E-state index contributed by atoms with van der Waals surface area (Å²) < 4.78 is 4.73. The fourth-order valence-corrected chi connectivity index (χ4v) is 2.55. The third-order valence-corrected chi connectivity index (χ3v) is 3.96. The molecule has 2 N–H and O–H groups in total. The molecule has 24 heavy (non-hydrogen) atoms. The van der Waals surface area contributed by atoms with Gasteiger partial charge in [0.05, 0.1) is 12.6 Å². The summed E-state index contributed by atoms with van der Waals surface area (Å²) in [4.78, 5) is 36.9. The Morgan fingerprint density at radius 2 is 2.04 bits per heavy atom. The number of hydrogen-bond donors (Lipinski definition) is 2. The topological polar surface area (TPSA) is 87.7 Å². The second kappa shape index (κ2) is 7.81.